The maximum absolute atomic E-state index is 12.2. The molecule has 1 amide bonds. The molecule has 0 aliphatic heterocycles. The van der Waals surface area contributed by atoms with Crippen molar-refractivity contribution in [3.8, 4) is 0 Å². The van der Waals surface area contributed by atoms with Crippen LogP contribution in [0.25, 0.3) is 0 Å². The van der Waals surface area contributed by atoms with Crippen LogP contribution in [0.4, 0.5) is 5.69 Å². The third-order valence-corrected chi connectivity index (χ3v) is 4.64. The number of ether oxygens (including phenoxy) is 1. The average molecular weight is 439 g/mol. The van der Waals surface area contributed by atoms with Crippen molar-refractivity contribution in [2.75, 3.05) is 5.32 Å². The summed E-state index contributed by atoms with van der Waals surface area (Å²) in [6, 6.07) is 11.6. The minimum absolute atomic E-state index is 0.00672. The monoisotopic (exact) mass is 438 g/mol. The lowest BCUT2D eigenvalue weighted by molar-refractivity contribution is -0.110. The largest absolute Gasteiger partial charge is 0.456 e. The van der Waals surface area contributed by atoms with E-state index < -0.39 is 17.5 Å². The minimum atomic E-state index is -0.576. The highest BCUT2D eigenvalue weighted by atomic mass is 35.5. The molecule has 5 nitrogen and oxygen atoms in total. The lowest BCUT2D eigenvalue weighted by Crippen LogP contribution is -2.33. The van der Waals surface area contributed by atoms with E-state index in [9.17, 15) is 9.59 Å². The standard InChI is InChI=1S/C20H20Cl2N2O3S/c1-20(2,3)27-19(26)12-7-9-14(10-8-12)24-17(25)18(28)23-11-13-5-4-6-15(21)16(13)22/h4-10H,11H2,1-3H3,(H,23,28)(H,24,25). The third-order valence-electron chi connectivity index (χ3n) is 3.45. The summed E-state index contributed by atoms with van der Waals surface area (Å²) in [6.45, 7) is 5.65. The molecular weight excluding hydrogens is 419 g/mol. The Morgan fingerprint density at radius 3 is 2.32 bits per heavy atom. The number of carbonyl (C=O) groups is 2. The Labute approximate surface area is 179 Å². The van der Waals surface area contributed by atoms with Crippen molar-refractivity contribution in [1.29, 1.82) is 0 Å². The first-order valence-corrected chi connectivity index (χ1v) is 9.59. The first kappa shape index (κ1) is 22.1. The molecule has 0 unspecified atom stereocenters. The van der Waals surface area contributed by atoms with Crippen LogP contribution < -0.4 is 10.6 Å². The van der Waals surface area contributed by atoms with Gasteiger partial charge >= 0.3 is 5.97 Å². The van der Waals surface area contributed by atoms with Crippen LogP contribution in [0, 0.1) is 0 Å². The molecule has 0 aromatic heterocycles. The quantitative estimate of drug-likeness (QED) is 0.518. The van der Waals surface area contributed by atoms with Crippen LogP contribution in [0.5, 0.6) is 0 Å². The van der Waals surface area contributed by atoms with Crippen LogP contribution in [0.1, 0.15) is 36.7 Å². The van der Waals surface area contributed by atoms with Gasteiger partial charge in [-0.05, 0) is 56.7 Å². The molecule has 2 N–H and O–H groups in total. The van der Waals surface area contributed by atoms with Crippen LogP contribution in [-0.4, -0.2) is 22.5 Å². The van der Waals surface area contributed by atoms with E-state index in [1.165, 1.54) is 0 Å². The number of amides is 1. The molecule has 0 spiro atoms. The fourth-order valence-electron chi connectivity index (χ4n) is 2.16. The molecule has 0 aliphatic carbocycles. The number of benzene rings is 2. The average Bonchev–Trinajstić information content (AvgIpc) is 2.61. The molecule has 0 saturated carbocycles. The summed E-state index contributed by atoms with van der Waals surface area (Å²) < 4.78 is 5.30. The zero-order valence-corrected chi connectivity index (χ0v) is 18.0. The van der Waals surface area contributed by atoms with Gasteiger partial charge in [0, 0.05) is 12.2 Å². The molecule has 148 valence electrons. The Balaban J connectivity index is 1.92. The second-order valence-corrected chi connectivity index (χ2v) is 8.12. The van der Waals surface area contributed by atoms with Gasteiger partial charge in [-0.15, -0.1) is 0 Å². The van der Waals surface area contributed by atoms with Gasteiger partial charge in [0.2, 0.25) is 0 Å². The zero-order valence-electron chi connectivity index (χ0n) is 15.6. The number of rotatable bonds is 4. The normalized spacial score (nSPS) is 10.9. The molecule has 0 atom stereocenters. The summed E-state index contributed by atoms with van der Waals surface area (Å²) in [4.78, 5) is 24.2. The van der Waals surface area contributed by atoms with Crippen LogP contribution in [0.2, 0.25) is 10.0 Å². The number of nitrogens with one attached hydrogen (secondary N) is 2. The number of halogens is 2. The van der Waals surface area contributed by atoms with Gasteiger partial charge in [0.05, 0.1) is 15.6 Å². The Morgan fingerprint density at radius 2 is 1.71 bits per heavy atom. The van der Waals surface area contributed by atoms with E-state index in [4.69, 9.17) is 40.2 Å². The number of hydrogen-bond donors (Lipinski definition) is 2. The van der Waals surface area contributed by atoms with Gasteiger partial charge in [-0.3, -0.25) is 4.79 Å². The number of thiocarbonyl (C=S) groups is 1. The molecule has 8 heteroatoms. The van der Waals surface area contributed by atoms with Gasteiger partial charge in [-0.1, -0.05) is 47.6 Å². The summed E-state index contributed by atoms with van der Waals surface area (Å²) in [5, 5.41) is 6.36. The summed E-state index contributed by atoms with van der Waals surface area (Å²) in [5.74, 6) is -0.904. The summed E-state index contributed by atoms with van der Waals surface area (Å²) in [5.41, 5.74) is 1.05. The van der Waals surface area contributed by atoms with Gasteiger partial charge in [0.25, 0.3) is 5.91 Å². The highest BCUT2D eigenvalue weighted by molar-refractivity contribution is 7.82. The van der Waals surface area contributed by atoms with E-state index in [1.807, 2.05) is 0 Å². The molecule has 0 saturated heterocycles. The predicted molar refractivity (Wildman–Crippen MR) is 116 cm³/mol. The Morgan fingerprint density at radius 1 is 1.07 bits per heavy atom. The summed E-state index contributed by atoms with van der Waals surface area (Å²) in [7, 11) is 0. The molecule has 2 rings (SSSR count). The van der Waals surface area contributed by atoms with Crippen LogP contribution >= 0.6 is 35.4 Å². The number of carbonyl (C=O) groups excluding carboxylic acids is 2. The highest BCUT2D eigenvalue weighted by Gasteiger charge is 2.18. The number of esters is 1. The Hall–Kier alpha value is -2.15. The molecule has 2 aromatic carbocycles. The molecule has 28 heavy (non-hydrogen) atoms. The minimum Gasteiger partial charge on any atom is -0.456 e. The van der Waals surface area contributed by atoms with Crippen LogP contribution in [0.3, 0.4) is 0 Å². The van der Waals surface area contributed by atoms with E-state index in [0.717, 1.165) is 5.56 Å². The van der Waals surface area contributed by atoms with Crippen molar-refractivity contribution in [3.63, 3.8) is 0 Å². The van der Waals surface area contributed by atoms with Gasteiger partial charge < -0.3 is 15.4 Å². The molecule has 0 aliphatic rings. The summed E-state index contributed by atoms with van der Waals surface area (Å²) in [6.07, 6.45) is 0. The SMILES string of the molecule is CC(C)(C)OC(=O)c1ccc(NC(=O)C(=S)NCc2cccc(Cl)c2Cl)cc1. The molecule has 0 heterocycles. The first-order valence-electron chi connectivity index (χ1n) is 8.42. The van der Waals surface area contributed by atoms with Crippen molar-refractivity contribution >= 4 is 58.0 Å². The van der Waals surface area contributed by atoms with Crippen LogP contribution in [0.15, 0.2) is 42.5 Å². The Kier molecular flexibility index (Phi) is 7.41. The van der Waals surface area contributed by atoms with Crippen molar-refractivity contribution in [2.24, 2.45) is 0 Å². The fraction of sp³-hybridized carbons (Fsp3) is 0.250. The smallest absolute Gasteiger partial charge is 0.338 e. The lowest BCUT2D eigenvalue weighted by Gasteiger charge is -2.19. The van der Waals surface area contributed by atoms with Crippen molar-refractivity contribution in [2.45, 2.75) is 32.9 Å². The molecule has 0 bridgehead atoms. The molecule has 0 fully saturated rings. The van der Waals surface area contributed by atoms with Gasteiger partial charge in [0.15, 0.2) is 4.99 Å². The fourth-order valence-corrected chi connectivity index (χ4v) is 2.67. The van der Waals surface area contributed by atoms with Crippen molar-refractivity contribution in [3.05, 3.63) is 63.6 Å². The second kappa shape index (κ2) is 9.37. The first-order chi connectivity index (χ1) is 13.1. The molecule has 0 radical (unpaired) electrons. The third kappa shape index (κ3) is 6.48. The van der Waals surface area contributed by atoms with Gasteiger partial charge in [0.1, 0.15) is 5.60 Å². The predicted octanol–water partition coefficient (Wildman–Crippen LogP) is 5.00. The van der Waals surface area contributed by atoms with E-state index in [0.29, 0.717) is 21.3 Å². The number of hydrogen-bond acceptors (Lipinski definition) is 4. The Bertz CT molecular complexity index is 893. The van der Waals surface area contributed by atoms with Gasteiger partial charge in [-0.2, -0.15) is 0 Å². The van der Waals surface area contributed by atoms with Crippen molar-refractivity contribution in [1.82, 2.24) is 5.32 Å². The maximum Gasteiger partial charge on any atom is 0.338 e. The topological polar surface area (TPSA) is 67.4 Å². The van der Waals surface area contributed by atoms with E-state index in [1.54, 1.807) is 63.2 Å². The lowest BCUT2D eigenvalue weighted by atomic mass is 10.1. The number of anilines is 1. The second-order valence-electron chi connectivity index (χ2n) is 6.93. The highest BCUT2D eigenvalue weighted by Crippen LogP contribution is 2.25. The van der Waals surface area contributed by atoms with E-state index in [2.05, 4.69) is 10.6 Å². The maximum atomic E-state index is 12.2. The zero-order chi connectivity index (χ0) is 20.9. The van der Waals surface area contributed by atoms with Crippen molar-refractivity contribution < 1.29 is 14.3 Å². The van der Waals surface area contributed by atoms with Gasteiger partial charge in [-0.25, -0.2) is 4.79 Å². The van der Waals surface area contributed by atoms with E-state index in [-0.39, 0.29) is 11.5 Å². The van der Waals surface area contributed by atoms with Crippen LogP contribution in [-0.2, 0) is 16.1 Å². The van der Waals surface area contributed by atoms with E-state index >= 15 is 0 Å². The molecule has 2 aromatic rings. The molecular formula is C20H20Cl2N2O3S. The summed E-state index contributed by atoms with van der Waals surface area (Å²) >= 11 is 17.2.